The molecule has 1 fully saturated rings. The lowest BCUT2D eigenvalue weighted by Gasteiger charge is -2.28. The second-order valence-corrected chi connectivity index (χ2v) is 4.52. The molecule has 2 rings (SSSR count). The zero-order valence-corrected chi connectivity index (χ0v) is 9.62. The summed E-state index contributed by atoms with van der Waals surface area (Å²) in [6.45, 7) is 7.35. The zero-order valence-electron chi connectivity index (χ0n) is 9.62. The van der Waals surface area contributed by atoms with Gasteiger partial charge in [-0.1, -0.05) is 0 Å². The van der Waals surface area contributed by atoms with Crippen molar-refractivity contribution in [3.8, 4) is 6.07 Å². The molecule has 0 saturated carbocycles. The molecule has 2 heterocycles. The molecule has 15 heavy (non-hydrogen) atoms. The number of allylic oxidation sites excluding steroid dienone is 1. The molecule has 3 nitrogen and oxygen atoms in total. The number of rotatable bonds is 1. The Morgan fingerprint density at radius 2 is 2.27 bits per heavy atom. The van der Waals surface area contributed by atoms with Crippen molar-refractivity contribution < 1.29 is 0 Å². The van der Waals surface area contributed by atoms with E-state index in [0.29, 0.717) is 18.4 Å². The fourth-order valence-electron chi connectivity index (χ4n) is 2.47. The molecule has 0 aromatic rings. The normalized spacial score (nSPS) is 30.0. The highest BCUT2D eigenvalue weighted by Crippen LogP contribution is 2.35. The summed E-state index contributed by atoms with van der Waals surface area (Å²) in [6.07, 6.45) is 1.71. The van der Waals surface area contributed by atoms with Crippen LogP contribution in [0.4, 0.5) is 0 Å². The van der Waals surface area contributed by atoms with E-state index in [1.165, 1.54) is 11.3 Å². The standard InChI is InChI=1S/C12H17N3/c1-8-9(2)14-10(3)15-7-11(4-5-13)6-12(8)15/h9,11H,4,6-7H2,1-3H3/t9-,11-/m1/s1. The molecule has 0 bridgehead atoms. The average Bonchev–Trinajstić information content (AvgIpc) is 2.60. The van der Waals surface area contributed by atoms with Gasteiger partial charge in [0, 0.05) is 18.7 Å². The van der Waals surface area contributed by atoms with E-state index in [0.717, 1.165) is 18.8 Å². The Morgan fingerprint density at radius 1 is 1.53 bits per heavy atom. The third-order valence-corrected chi connectivity index (χ3v) is 3.48. The van der Waals surface area contributed by atoms with Gasteiger partial charge in [-0.25, -0.2) is 0 Å². The minimum atomic E-state index is 0.317. The van der Waals surface area contributed by atoms with E-state index in [9.17, 15) is 0 Å². The predicted octanol–water partition coefficient (Wildman–Crippen LogP) is 2.32. The fourth-order valence-corrected chi connectivity index (χ4v) is 2.47. The average molecular weight is 203 g/mol. The van der Waals surface area contributed by atoms with Crippen molar-refractivity contribution in [2.75, 3.05) is 6.54 Å². The van der Waals surface area contributed by atoms with Gasteiger partial charge in [0.25, 0.3) is 0 Å². The van der Waals surface area contributed by atoms with Crippen LogP contribution in [0.2, 0.25) is 0 Å². The Kier molecular flexibility index (Phi) is 2.52. The van der Waals surface area contributed by atoms with Gasteiger partial charge in [-0.2, -0.15) is 5.26 Å². The molecule has 80 valence electrons. The van der Waals surface area contributed by atoms with E-state index in [1.54, 1.807) is 0 Å². The molecule has 0 radical (unpaired) electrons. The lowest BCUT2D eigenvalue weighted by Crippen LogP contribution is -2.31. The Bertz CT molecular complexity index is 373. The zero-order chi connectivity index (χ0) is 11.0. The van der Waals surface area contributed by atoms with Gasteiger partial charge in [0.15, 0.2) is 0 Å². The largest absolute Gasteiger partial charge is 0.334 e. The summed E-state index contributed by atoms with van der Waals surface area (Å²) >= 11 is 0. The SMILES string of the molecule is CC1=N[C@H](C)C(C)=C2C[C@@H](CC#N)CN12. The lowest BCUT2D eigenvalue weighted by atomic mass is 10.0. The maximum Gasteiger partial charge on any atom is 0.101 e. The highest BCUT2D eigenvalue weighted by Gasteiger charge is 2.32. The highest BCUT2D eigenvalue weighted by molar-refractivity contribution is 5.83. The molecule has 0 N–H and O–H groups in total. The van der Waals surface area contributed by atoms with E-state index in [4.69, 9.17) is 5.26 Å². The van der Waals surface area contributed by atoms with E-state index >= 15 is 0 Å². The monoisotopic (exact) mass is 203 g/mol. The molecule has 2 aliphatic heterocycles. The highest BCUT2D eigenvalue weighted by atomic mass is 15.2. The number of hydrogen-bond acceptors (Lipinski definition) is 3. The van der Waals surface area contributed by atoms with Crippen LogP contribution in [0.25, 0.3) is 0 Å². The van der Waals surface area contributed by atoms with Crippen molar-refractivity contribution in [2.24, 2.45) is 10.9 Å². The predicted molar refractivity (Wildman–Crippen MR) is 60.3 cm³/mol. The van der Waals surface area contributed by atoms with Crippen molar-refractivity contribution in [1.82, 2.24) is 4.90 Å². The summed E-state index contributed by atoms with van der Waals surface area (Å²) in [6, 6.07) is 2.59. The Labute approximate surface area is 91.1 Å². The number of amidine groups is 1. The number of hydrogen-bond donors (Lipinski definition) is 0. The van der Waals surface area contributed by atoms with Crippen LogP contribution in [-0.4, -0.2) is 23.3 Å². The molecule has 0 aromatic carbocycles. The molecule has 0 aromatic heterocycles. The summed E-state index contributed by atoms with van der Waals surface area (Å²) < 4.78 is 0. The van der Waals surface area contributed by atoms with Crippen LogP contribution in [0, 0.1) is 17.2 Å². The van der Waals surface area contributed by atoms with Crippen molar-refractivity contribution in [3.05, 3.63) is 11.3 Å². The first kappa shape index (κ1) is 10.2. The maximum atomic E-state index is 8.73. The molecule has 0 unspecified atom stereocenters. The number of aliphatic imine (C=N–C) groups is 1. The molecule has 3 heteroatoms. The Morgan fingerprint density at radius 3 is 2.93 bits per heavy atom. The first-order chi connectivity index (χ1) is 7.13. The van der Waals surface area contributed by atoms with Crippen LogP contribution in [0.5, 0.6) is 0 Å². The van der Waals surface area contributed by atoms with E-state index in [2.05, 4.69) is 36.7 Å². The van der Waals surface area contributed by atoms with Gasteiger partial charge < -0.3 is 4.90 Å². The molecule has 0 aliphatic carbocycles. The third-order valence-electron chi connectivity index (χ3n) is 3.48. The summed E-state index contributed by atoms with van der Waals surface area (Å²) in [7, 11) is 0. The van der Waals surface area contributed by atoms with E-state index in [1.807, 2.05) is 0 Å². The molecule has 2 atom stereocenters. The lowest BCUT2D eigenvalue weighted by molar-refractivity contribution is 0.492. The van der Waals surface area contributed by atoms with Crippen molar-refractivity contribution >= 4 is 5.84 Å². The molecular formula is C12H17N3. The van der Waals surface area contributed by atoms with E-state index in [-0.39, 0.29) is 0 Å². The third kappa shape index (κ3) is 1.65. The molecular weight excluding hydrogens is 186 g/mol. The smallest absolute Gasteiger partial charge is 0.101 e. The van der Waals surface area contributed by atoms with Gasteiger partial charge in [-0.3, -0.25) is 4.99 Å². The quantitative estimate of drug-likeness (QED) is 0.656. The van der Waals surface area contributed by atoms with Gasteiger partial charge >= 0.3 is 0 Å². The van der Waals surface area contributed by atoms with Gasteiger partial charge in [-0.15, -0.1) is 0 Å². The van der Waals surface area contributed by atoms with Crippen molar-refractivity contribution in [2.45, 2.75) is 39.7 Å². The minimum Gasteiger partial charge on any atom is -0.334 e. The molecule has 0 amide bonds. The van der Waals surface area contributed by atoms with E-state index < -0.39 is 0 Å². The molecule has 0 spiro atoms. The van der Waals surface area contributed by atoms with Gasteiger partial charge in [0.1, 0.15) is 5.84 Å². The van der Waals surface area contributed by atoms with Crippen LogP contribution >= 0.6 is 0 Å². The first-order valence-electron chi connectivity index (χ1n) is 5.52. The van der Waals surface area contributed by atoms with Crippen LogP contribution in [0.3, 0.4) is 0 Å². The van der Waals surface area contributed by atoms with Gasteiger partial charge in [-0.05, 0) is 38.7 Å². The summed E-state index contributed by atoms with van der Waals surface area (Å²) in [4.78, 5) is 6.89. The first-order valence-corrected chi connectivity index (χ1v) is 5.52. The maximum absolute atomic E-state index is 8.73. The Balaban J connectivity index is 2.25. The summed E-state index contributed by atoms with van der Waals surface area (Å²) in [5.41, 5.74) is 2.79. The summed E-state index contributed by atoms with van der Waals surface area (Å²) in [5, 5.41) is 8.73. The molecule has 2 aliphatic rings. The summed E-state index contributed by atoms with van der Waals surface area (Å²) in [5.74, 6) is 1.61. The second kappa shape index (κ2) is 3.69. The number of nitriles is 1. The number of fused-ring (bicyclic) bond motifs is 1. The van der Waals surface area contributed by atoms with Crippen LogP contribution in [-0.2, 0) is 0 Å². The second-order valence-electron chi connectivity index (χ2n) is 4.52. The van der Waals surface area contributed by atoms with Crippen molar-refractivity contribution in [1.29, 1.82) is 5.26 Å². The topological polar surface area (TPSA) is 39.4 Å². The van der Waals surface area contributed by atoms with Crippen LogP contribution < -0.4 is 0 Å². The Hall–Kier alpha value is -1.30. The van der Waals surface area contributed by atoms with Gasteiger partial charge in [0.2, 0.25) is 0 Å². The van der Waals surface area contributed by atoms with Crippen molar-refractivity contribution in [3.63, 3.8) is 0 Å². The molecule has 1 saturated heterocycles. The number of nitrogens with zero attached hydrogens (tertiary/aromatic N) is 3. The van der Waals surface area contributed by atoms with Gasteiger partial charge in [0.05, 0.1) is 12.1 Å². The van der Waals surface area contributed by atoms with Crippen LogP contribution in [0.1, 0.15) is 33.6 Å². The minimum absolute atomic E-state index is 0.317. The van der Waals surface area contributed by atoms with Crippen LogP contribution in [0.15, 0.2) is 16.3 Å². The fraction of sp³-hybridized carbons (Fsp3) is 0.667.